The highest BCUT2D eigenvalue weighted by atomic mass is 79.9. The summed E-state index contributed by atoms with van der Waals surface area (Å²) in [5.74, 6) is 0. The van der Waals surface area contributed by atoms with Crippen LogP contribution in [0, 0.1) is 0 Å². The van der Waals surface area contributed by atoms with Gasteiger partial charge in [0, 0.05) is 6.54 Å². The molecule has 0 bridgehead atoms. The molecule has 0 aliphatic carbocycles. The van der Waals surface area contributed by atoms with Crippen LogP contribution in [0.25, 0.3) is 0 Å². The van der Waals surface area contributed by atoms with E-state index >= 15 is 0 Å². The second-order valence-corrected chi connectivity index (χ2v) is 5.44. The summed E-state index contributed by atoms with van der Waals surface area (Å²) < 4.78 is 2.55. The molecule has 0 spiro atoms. The third-order valence-electron chi connectivity index (χ3n) is 2.28. The third kappa shape index (κ3) is 2.05. The normalized spacial score (nSPS) is 13.0. The summed E-state index contributed by atoms with van der Waals surface area (Å²) in [4.78, 5) is 0.748. The van der Waals surface area contributed by atoms with Gasteiger partial charge in [-0.1, -0.05) is 11.6 Å². The van der Waals surface area contributed by atoms with Gasteiger partial charge in [-0.15, -0.1) is 11.3 Å². The van der Waals surface area contributed by atoms with Gasteiger partial charge < -0.3 is 5.11 Å². The second-order valence-electron chi connectivity index (χ2n) is 3.23. The number of nitrogens with zero attached hydrogens (tertiary/aromatic N) is 2. The van der Waals surface area contributed by atoms with E-state index in [9.17, 15) is 5.11 Å². The van der Waals surface area contributed by atoms with Crippen LogP contribution in [0.4, 0.5) is 0 Å². The van der Waals surface area contributed by atoms with Crippen LogP contribution in [0.1, 0.15) is 23.6 Å². The molecule has 0 aliphatic heterocycles. The lowest BCUT2D eigenvalue weighted by Crippen LogP contribution is -2.08. The molecule has 2 aromatic rings. The van der Waals surface area contributed by atoms with Crippen LogP contribution >= 0.6 is 38.9 Å². The first kappa shape index (κ1) is 12.1. The molecule has 0 saturated heterocycles. The van der Waals surface area contributed by atoms with E-state index in [0.717, 1.165) is 15.0 Å². The highest BCUT2D eigenvalue weighted by Crippen LogP contribution is 2.35. The Morgan fingerprint density at radius 1 is 1.69 bits per heavy atom. The Kier molecular flexibility index (Phi) is 3.69. The van der Waals surface area contributed by atoms with E-state index in [2.05, 4.69) is 21.0 Å². The van der Waals surface area contributed by atoms with Crippen LogP contribution in [-0.4, -0.2) is 14.9 Å². The van der Waals surface area contributed by atoms with Gasteiger partial charge in [-0.3, -0.25) is 4.68 Å². The number of aryl methyl sites for hydroxylation is 1. The number of hydrogen-bond acceptors (Lipinski definition) is 3. The van der Waals surface area contributed by atoms with Crippen molar-refractivity contribution in [1.82, 2.24) is 9.78 Å². The van der Waals surface area contributed by atoms with E-state index in [4.69, 9.17) is 11.6 Å². The summed E-state index contributed by atoms with van der Waals surface area (Å²) in [6, 6.07) is 1.78. The van der Waals surface area contributed by atoms with E-state index in [1.807, 2.05) is 12.3 Å². The van der Waals surface area contributed by atoms with Gasteiger partial charge in [0.2, 0.25) is 0 Å². The predicted octanol–water partition coefficient (Wildman–Crippen LogP) is 3.46. The van der Waals surface area contributed by atoms with Gasteiger partial charge in [-0.25, -0.2) is 0 Å². The number of aliphatic hydroxyl groups is 1. The zero-order valence-electron chi connectivity index (χ0n) is 8.52. The number of aliphatic hydroxyl groups excluding tert-OH is 1. The highest BCUT2D eigenvalue weighted by molar-refractivity contribution is 9.10. The Bertz CT molecular complexity index is 497. The number of rotatable bonds is 3. The molecule has 2 aromatic heterocycles. The maximum absolute atomic E-state index is 10.3. The Morgan fingerprint density at radius 2 is 2.44 bits per heavy atom. The van der Waals surface area contributed by atoms with Crippen molar-refractivity contribution in [1.29, 1.82) is 0 Å². The number of thiophene rings is 1. The minimum Gasteiger partial charge on any atom is -0.381 e. The standard InChI is InChI=1S/C10H10BrClN2OS/c1-2-14-8(6(11)5-13-14)9(15)10-7(12)3-4-16-10/h3-5,9,15H,2H2,1H3. The Balaban J connectivity index is 2.44. The van der Waals surface area contributed by atoms with Gasteiger partial charge in [0.05, 0.1) is 26.3 Å². The Morgan fingerprint density at radius 3 is 3.00 bits per heavy atom. The van der Waals surface area contributed by atoms with Gasteiger partial charge in [0.25, 0.3) is 0 Å². The number of aromatic nitrogens is 2. The predicted molar refractivity (Wildman–Crippen MR) is 69.0 cm³/mol. The van der Waals surface area contributed by atoms with Crippen LogP contribution in [0.3, 0.4) is 0 Å². The van der Waals surface area contributed by atoms with Crippen LogP contribution < -0.4 is 0 Å². The molecule has 2 heterocycles. The van der Waals surface area contributed by atoms with Crippen molar-refractivity contribution in [3.63, 3.8) is 0 Å². The molecule has 0 aromatic carbocycles. The van der Waals surface area contributed by atoms with Crippen molar-refractivity contribution in [3.8, 4) is 0 Å². The zero-order valence-corrected chi connectivity index (χ0v) is 11.7. The maximum atomic E-state index is 10.3. The van der Waals surface area contributed by atoms with Crippen LogP contribution in [0.15, 0.2) is 22.1 Å². The van der Waals surface area contributed by atoms with E-state index in [1.165, 1.54) is 11.3 Å². The van der Waals surface area contributed by atoms with Crippen molar-refractivity contribution in [2.75, 3.05) is 0 Å². The minimum atomic E-state index is -0.732. The molecule has 1 atom stereocenters. The first-order chi connectivity index (χ1) is 7.65. The molecule has 3 nitrogen and oxygen atoms in total. The fourth-order valence-corrected chi connectivity index (χ4v) is 3.18. The Labute approximate surface area is 111 Å². The molecular formula is C10H10BrClN2OS. The fourth-order valence-electron chi connectivity index (χ4n) is 1.52. The van der Waals surface area contributed by atoms with E-state index in [-0.39, 0.29) is 0 Å². The lowest BCUT2D eigenvalue weighted by Gasteiger charge is -2.12. The van der Waals surface area contributed by atoms with Gasteiger partial charge in [-0.2, -0.15) is 5.10 Å². The molecule has 0 aliphatic rings. The first-order valence-corrected chi connectivity index (χ1v) is 6.82. The van der Waals surface area contributed by atoms with Gasteiger partial charge in [0.15, 0.2) is 0 Å². The quantitative estimate of drug-likeness (QED) is 0.940. The molecule has 0 fully saturated rings. The van der Waals surface area contributed by atoms with Crippen LogP contribution in [0.5, 0.6) is 0 Å². The van der Waals surface area contributed by atoms with Crippen molar-refractivity contribution in [2.45, 2.75) is 19.6 Å². The summed E-state index contributed by atoms with van der Waals surface area (Å²) in [6.07, 6.45) is 0.952. The lowest BCUT2D eigenvalue weighted by molar-refractivity contribution is 0.211. The Hall–Kier alpha value is -0.360. The van der Waals surface area contributed by atoms with Crippen molar-refractivity contribution < 1.29 is 5.11 Å². The molecule has 1 N–H and O–H groups in total. The number of halogens is 2. The zero-order chi connectivity index (χ0) is 11.7. The van der Waals surface area contributed by atoms with Crippen molar-refractivity contribution in [3.05, 3.63) is 37.7 Å². The average Bonchev–Trinajstić information content (AvgIpc) is 2.83. The lowest BCUT2D eigenvalue weighted by atomic mass is 10.2. The monoisotopic (exact) mass is 320 g/mol. The van der Waals surface area contributed by atoms with E-state index in [1.54, 1.807) is 16.9 Å². The molecule has 2 rings (SSSR count). The summed E-state index contributed by atoms with van der Waals surface area (Å²) in [5.41, 5.74) is 0.742. The minimum absolute atomic E-state index is 0.591. The summed E-state index contributed by atoms with van der Waals surface area (Å²) in [7, 11) is 0. The topological polar surface area (TPSA) is 38.0 Å². The number of hydrogen-bond donors (Lipinski definition) is 1. The van der Waals surface area contributed by atoms with Crippen LogP contribution in [0.2, 0.25) is 5.02 Å². The van der Waals surface area contributed by atoms with Crippen molar-refractivity contribution >= 4 is 38.9 Å². The second kappa shape index (κ2) is 4.87. The molecule has 1 unspecified atom stereocenters. The third-order valence-corrected chi connectivity index (χ3v) is 4.31. The van der Waals surface area contributed by atoms with Gasteiger partial charge >= 0.3 is 0 Å². The van der Waals surface area contributed by atoms with Gasteiger partial charge in [0.1, 0.15) is 6.10 Å². The molecule has 16 heavy (non-hydrogen) atoms. The van der Waals surface area contributed by atoms with E-state index in [0.29, 0.717) is 11.6 Å². The smallest absolute Gasteiger partial charge is 0.132 e. The average molecular weight is 322 g/mol. The summed E-state index contributed by atoms with van der Waals surface area (Å²) >= 11 is 10.8. The molecular weight excluding hydrogens is 312 g/mol. The maximum Gasteiger partial charge on any atom is 0.132 e. The van der Waals surface area contributed by atoms with Crippen molar-refractivity contribution in [2.24, 2.45) is 0 Å². The summed E-state index contributed by atoms with van der Waals surface area (Å²) in [6.45, 7) is 2.69. The first-order valence-electron chi connectivity index (χ1n) is 4.77. The fraction of sp³-hybridized carbons (Fsp3) is 0.300. The molecule has 86 valence electrons. The SMILES string of the molecule is CCn1ncc(Br)c1C(O)c1sccc1Cl. The summed E-state index contributed by atoms with van der Waals surface area (Å²) in [5, 5.41) is 16.9. The van der Waals surface area contributed by atoms with E-state index < -0.39 is 6.10 Å². The molecule has 0 radical (unpaired) electrons. The molecule has 0 saturated carbocycles. The largest absolute Gasteiger partial charge is 0.381 e. The van der Waals surface area contributed by atoms with Gasteiger partial charge in [-0.05, 0) is 34.3 Å². The highest BCUT2D eigenvalue weighted by Gasteiger charge is 2.22. The molecule has 6 heteroatoms. The van der Waals surface area contributed by atoms with Crippen LogP contribution in [-0.2, 0) is 6.54 Å². The molecule has 0 amide bonds.